The van der Waals surface area contributed by atoms with Crippen molar-refractivity contribution in [2.24, 2.45) is 0 Å². The number of nitrogens with zero attached hydrogens (tertiary/aromatic N) is 4. The molecule has 2 rings (SSSR count). The van der Waals surface area contributed by atoms with Crippen LogP contribution in [0.5, 0.6) is 0 Å². The molecule has 0 spiro atoms. The summed E-state index contributed by atoms with van der Waals surface area (Å²) in [6.07, 6.45) is 2.72. The van der Waals surface area contributed by atoms with Gasteiger partial charge in [0.25, 0.3) is 0 Å². The first-order valence-corrected chi connectivity index (χ1v) is 7.28. The van der Waals surface area contributed by atoms with Gasteiger partial charge in [0.05, 0.1) is 9.85 Å². The summed E-state index contributed by atoms with van der Waals surface area (Å²) in [6, 6.07) is 3.64. The van der Waals surface area contributed by atoms with E-state index < -0.39 is 30.3 Å². The molecule has 1 aromatic heterocycles. The van der Waals surface area contributed by atoms with Crippen LogP contribution in [-0.4, -0.2) is 34.3 Å². The van der Waals surface area contributed by atoms with Gasteiger partial charge in [-0.25, -0.2) is 13.1 Å². The van der Waals surface area contributed by atoms with Crippen LogP contribution in [0.1, 0.15) is 0 Å². The van der Waals surface area contributed by atoms with E-state index in [0.717, 1.165) is 29.4 Å². The topological polar surface area (TPSA) is 138 Å². The lowest BCUT2D eigenvalue weighted by Gasteiger charge is -2.06. The number of benzene rings is 1. The molecule has 0 radical (unpaired) electrons. The van der Waals surface area contributed by atoms with Gasteiger partial charge in [0.15, 0.2) is 9.84 Å². The fourth-order valence-corrected chi connectivity index (χ4v) is 2.57. The van der Waals surface area contributed by atoms with Gasteiger partial charge < -0.3 is 0 Å². The third-order valence-corrected chi connectivity index (χ3v) is 3.71. The lowest BCUT2D eigenvalue weighted by atomic mass is 10.2. The summed E-state index contributed by atoms with van der Waals surface area (Å²) in [6.45, 7) is 0. The second kappa shape index (κ2) is 4.94. The Hall–Kier alpha value is -2.82. The summed E-state index contributed by atoms with van der Waals surface area (Å²) in [5.41, 5.74) is -1.22. The number of para-hydroxylation sites is 1. The van der Waals surface area contributed by atoms with Crippen LogP contribution in [0, 0.1) is 20.2 Å². The Bertz CT molecular complexity index is 841. The van der Waals surface area contributed by atoms with Crippen molar-refractivity contribution >= 4 is 21.2 Å². The average molecular weight is 312 g/mol. The number of aromatic nitrogens is 2. The molecule has 0 N–H and O–H groups in total. The number of nitro benzene ring substituents is 1. The van der Waals surface area contributed by atoms with Crippen LogP contribution < -0.4 is 0 Å². The quantitative estimate of drug-likeness (QED) is 0.608. The van der Waals surface area contributed by atoms with Crippen molar-refractivity contribution in [3.05, 3.63) is 50.8 Å². The van der Waals surface area contributed by atoms with E-state index >= 15 is 0 Å². The molecule has 0 saturated heterocycles. The van der Waals surface area contributed by atoms with Gasteiger partial charge in [-0.05, 0) is 12.1 Å². The van der Waals surface area contributed by atoms with Crippen molar-refractivity contribution in [3.8, 4) is 5.69 Å². The normalized spacial score (nSPS) is 11.3. The zero-order chi connectivity index (χ0) is 15.8. The Balaban J connectivity index is 2.74. The molecular weight excluding hydrogens is 304 g/mol. The van der Waals surface area contributed by atoms with Gasteiger partial charge in [0.1, 0.15) is 23.0 Å². The lowest BCUT2D eigenvalue weighted by Crippen LogP contribution is -2.07. The van der Waals surface area contributed by atoms with E-state index in [1.165, 1.54) is 12.1 Å². The Morgan fingerprint density at radius 2 is 1.86 bits per heavy atom. The smallest absolute Gasteiger partial charge is 0.258 e. The Kier molecular flexibility index (Phi) is 3.43. The molecule has 0 amide bonds. The van der Waals surface area contributed by atoms with Crippen molar-refractivity contribution in [1.82, 2.24) is 9.78 Å². The first-order chi connectivity index (χ1) is 9.71. The van der Waals surface area contributed by atoms with E-state index in [1.54, 1.807) is 0 Å². The third-order valence-electron chi connectivity index (χ3n) is 2.59. The minimum atomic E-state index is -3.84. The number of rotatable bonds is 4. The summed E-state index contributed by atoms with van der Waals surface area (Å²) in [4.78, 5) is 19.7. The molecule has 11 heteroatoms. The Morgan fingerprint density at radius 3 is 2.33 bits per heavy atom. The second-order valence-corrected chi connectivity index (χ2v) is 6.04. The fourth-order valence-electron chi connectivity index (χ4n) is 1.72. The number of sulfone groups is 1. The number of nitro groups is 2. The highest BCUT2D eigenvalue weighted by Crippen LogP contribution is 2.30. The largest absolute Gasteiger partial charge is 0.313 e. The van der Waals surface area contributed by atoms with Crippen LogP contribution >= 0.6 is 0 Å². The number of hydrogen-bond acceptors (Lipinski definition) is 7. The van der Waals surface area contributed by atoms with Gasteiger partial charge in [0, 0.05) is 6.26 Å². The molecule has 0 aliphatic rings. The molecule has 0 atom stereocenters. The van der Waals surface area contributed by atoms with E-state index in [-0.39, 0.29) is 11.4 Å². The first kappa shape index (κ1) is 14.6. The van der Waals surface area contributed by atoms with E-state index in [2.05, 4.69) is 5.10 Å². The molecule has 0 bridgehead atoms. The summed E-state index contributed by atoms with van der Waals surface area (Å²) >= 11 is 0. The van der Waals surface area contributed by atoms with Crippen LogP contribution in [0.4, 0.5) is 11.4 Å². The predicted molar refractivity (Wildman–Crippen MR) is 70.0 cm³/mol. The van der Waals surface area contributed by atoms with E-state index in [4.69, 9.17) is 0 Å². The molecular formula is C10H8N4O6S. The molecule has 0 aliphatic carbocycles. The maximum Gasteiger partial charge on any atom is 0.313 e. The van der Waals surface area contributed by atoms with Crippen LogP contribution in [0.3, 0.4) is 0 Å². The maximum absolute atomic E-state index is 11.6. The summed E-state index contributed by atoms with van der Waals surface area (Å²) in [5, 5.41) is 25.4. The van der Waals surface area contributed by atoms with E-state index in [9.17, 15) is 28.6 Å². The van der Waals surface area contributed by atoms with Crippen molar-refractivity contribution in [1.29, 1.82) is 0 Å². The Morgan fingerprint density at radius 1 is 1.19 bits per heavy atom. The maximum atomic E-state index is 11.6. The van der Waals surface area contributed by atoms with Gasteiger partial charge in [-0.1, -0.05) is 6.07 Å². The molecule has 110 valence electrons. The SMILES string of the molecule is CS(=O)(=O)c1cccc(-n2cc([N+](=O)[O-])cn2)c1[N+](=O)[O-]. The highest BCUT2D eigenvalue weighted by atomic mass is 32.2. The molecule has 2 aromatic rings. The molecule has 0 saturated carbocycles. The Labute approximate surface area is 117 Å². The van der Waals surface area contributed by atoms with Gasteiger partial charge in [0.2, 0.25) is 0 Å². The van der Waals surface area contributed by atoms with Crippen molar-refractivity contribution < 1.29 is 18.3 Å². The molecule has 1 aromatic carbocycles. The van der Waals surface area contributed by atoms with Crippen LogP contribution in [0.2, 0.25) is 0 Å². The summed E-state index contributed by atoms with van der Waals surface area (Å²) < 4.78 is 24.1. The molecule has 1 heterocycles. The van der Waals surface area contributed by atoms with Gasteiger partial charge in [-0.15, -0.1) is 0 Å². The standard InChI is InChI=1S/C10H8N4O6S/c1-21(19,20)9-4-2-3-8(10(9)14(17)18)12-6-7(5-11-12)13(15)16/h2-6H,1H3. The summed E-state index contributed by atoms with van der Waals surface area (Å²) in [5.74, 6) is 0. The average Bonchev–Trinajstić information content (AvgIpc) is 2.86. The fraction of sp³-hybridized carbons (Fsp3) is 0.100. The van der Waals surface area contributed by atoms with Gasteiger partial charge in [-0.2, -0.15) is 5.10 Å². The van der Waals surface area contributed by atoms with Crippen molar-refractivity contribution in [2.75, 3.05) is 6.26 Å². The highest BCUT2D eigenvalue weighted by molar-refractivity contribution is 7.90. The first-order valence-electron chi connectivity index (χ1n) is 5.38. The van der Waals surface area contributed by atoms with Crippen LogP contribution in [0.15, 0.2) is 35.5 Å². The van der Waals surface area contributed by atoms with Gasteiger partial charge in [-0.3, -0.25) is 20.2 Å². The minimum Gasteiger partial charge on any atom is -0.258 e. The molecule has 0 fully saturated rings. The minimum absolute atomic E-state index is 0.170. The van der Waals surface area contributed by atoms with E-state index in [0.29, 0.717) is 0 Å². The molecule has 10 nitrogen and oxygen atoms in total. The molecule has 21 heavy (non-hydrogen) atoms. The van der Waals surface area contributed by atoms with Gasteiger partial charge >= 0.3 is 11.4 Å². The van der Waals surface area contributed by atoms with Crippen LogP contribution in [0.25, 0.3) is 5.69 Å². The zero-order valence-corrected chi connectivity index (χ0v) is 11.3. The van der Waals surface area contributed by atoms with E-state index in [1.807, 2.05) is 0 Å². The molecule has 0 unspecified atom stereocenters. The zero-order valence-electron chi connectivity index (χ0n) is 10.5. The third kappa shape index (κ3) is 2.72. The molecule has 0 aliphatic heterocycles. The highest BCUT2D eigenvalue weighted by Gasteiger charge is 2.28. The number of hydrogen-bond donors (Lipinski definition) is 0. The predicted octanol–water partition coefficient (Wildman–Crippen LogP) is 1.09. The lowest BCUT2D eigenvalue weighted by molar-refractivity contribution is -0.387. The second-order valence-electron chi connectivity index (χ2n) is 4.05. The van der Waals surface area contributed by atoms with Crippen LogP contribution in [-0.2, 0) is 9.84 Å². The van der Waals surface area contributed by atoms with Crippen molar-refractivity contribution in [2.45, 2.75) is 4.90 Å². The monoisotopic (exact) mass is 312 g/mol. The van der Waals surface area contributed by atoms with Crippen molar-refractivity contribution in [3.63, 3.8) is 0 Å². The summed E-state index contributed by atoms with van der Waals surface area (Å²) in [7, 11) is -3.84.